The Balaban J connectivity index is 1.92. The Hall–Kier alpha value is -3.09. The number of nitrogens with zero attached hydrogens (tertiary/aromatic N) is 2. The van der Waals surface area contributed by atoms with E-state index >= 15 is 0 Å². The fourth-order valence-corrected chi connectivity index (χ4v) is 3.03. The van der Waals surface area contributed by atoms with Crippen LogP contribution in [0.4, 0.5) is 0 Å². The molecule has 1 N–H and O–H groups in total. The van der Waals surface area contributed by atoms with Gasteiger partial charge in [0.2, 0.25) is 5.91 Å². The first-order chi connectivity index (χ1) is 12.0. The van der Waals surface area contributed by atoms with Crippen LogP contribution in [0, 0.1) is 0 Å². The number of likely N-dealkylation sites (N-methyl/N-ethyl adjacent to an activating group) is 1. The van der Waals surface area contributed by atoms with Gasteiger partial charge in [0.25, 0.3) is 5.91 Å². The highest BCUT2D eigenvalue weighted by atomic mass is 16.4. The SMILES string of the molecule is CN(CC(=O)O)C(=O)C1Cc2ccccc2CN1C(=O)c1ccco1. The predicted molar refractivity (Wildman–Crippen MR) is 87.8 cm³/mol. The van der Waals surface area contributed by atoms with E-state index in [1.165, 1.54) is 18.2 Å². The number of carboxylic acids is 1. The monoisotopic (exact) mass is 342 g/mol. The number of carbonyl (C=O) groups excluding carboxylic acids is 2. The number of hydrogen-bond donors (Lipinski definition) is 1. The Morgan fingerprint density at radius 3 is 2.56 bits per heavy atom. The molecule has 2 amide bonds. The zero-order valence-electron chi connectivity index (χ0n) is 13.7. The Morgan fingerprint density at radius 2 is 1.92 bits per heavy atom. The van der Waals surface area contributed by atoms with E-state index in [9.17, 15) is 14.4 Å². The lowest BCUT2D eigenvalue weighted by Crippen LogP contribution is -2.53. The molecule has 0 spiro atoms. The lowest BCUT2D eigenvalue weighted by Gasteiger charge is -2.37. The van der Waals surface area contributed by atoms with E-state index in [1.807, 2.05) is 24.3 Å². The van der Waals surface area contributed by atoms with Gasteiger partial charge in [-0.25, -0.2) is 0 Å². The van der Waals surface area contributed by atoms with Gasteiger partial charge >= 0.3 is 5.97 Å². The van der Waals surface area contributed by atoms with Crippen molar-refractivity contribution in [1.82, 2.24) is 9.80 Å². The van der Waals surface area contributed by atoms with Gasteiger partial charge in [-0.15, -0.1) is 0 Å². The van der Waals surface area contributed by atoms with Crippen molar-refractivity contribution in [1.29, 1.82) is 0 Å². The first kappa shape index (κ1) is 16.8. The second-order valence-corrected chi connectivity index (χ2v) is 5.99. The largest absolute Gasteiger partial charge is 0.480 e. The first-order valence-electron chi connectivity index (χ1n) is 7.85. The van der Waals surface area contributed by atoms with Crippen molar-refractivity contribution in [3.63, 3.8) is 0 Å². The van der Waals surface area contributed by atoms with Gasteiger partial charge in [-0.1, -0.05) is 24.3 Å². The maximum atomic E-state index is 12.8. The summed E-state index contributed by atoms with van der Waals surface area (Å²) < 4.78 is 5.18. The Morgan fingerprint density at radius 1 is 1.20 bits per heavy atom. The minimum absolute atomic E-state index is 0.151. The second-order valence-electron chi connectivity index (χ2n) is 5.99. The van der Waals surface area contributed by atoms with Crippen LogP contribution in [-0.4, -0.2) is 52.3 Å². The van der Waals surface area contributed by atoms with Crippen LogP contribution in [0.1, 0.15) is 21.7 Å². The molecule has 1 unspecified atom stereocenters. The molecule has 1 aliphatic rings. The van der Waals surface area contributed by atoms with Gasteiger partial charge in [0.15, 0.2) is 5.76 Å². The Labute approximate surface area is 144 Å². The lowest BCUT2D eigenvalue weighted by atomic mass is 9.93. The van der Waals surface area contributed by atoms with Crippen LogP contribution in [0.2, 0.25) is 0 Å². The predicted octanol–water partition coefficient (Wildman–Crippen LogP) is 1.39. The third-order valence-electron chi connectivity index (χ3n) is 4.28. The number of amides is 2. The number of carbonyl (C=O) groups is 3. The summed E-state index contributed by atoms with van der Waals surface area (Å²) in [4.78, 5) is 39.0. The van der Waals surface area contributed by atoms with Crippen LogP contribution in [0.3, 0.4) is 0 Å². The van der Waals surface area contributed by atoms with Crippen LogP contribution in [-0.2, 0) is 22.6 Å². The summed E-state index contributed by atoms with van der Waals surface area (Å²) in [6.07, 6.45) is 1.74. The Bertz CT molecular complexity index is 800. The summed E-state index contributed by atoms with van der Waals surface area (Å²) in [6, 6.07) is 9.99. The van der Waals surface area contributed by atoms with Gasteiger partial charge in [0.05, 0.1) is 6.26 Å². The lowest BCUT2D eigenvalue weighted by molar-refractivity contribution is -0.145. The van der Waals surface area contributed by atoms with Crippen molar-refractivity contribution in [3.05, 3.63) is 59.5 Å². The fraction of sp³-hybridized carbons (Fsp3) is 0.278. The number of rotatable bonds is 4. The summed E-state index contributed by atoms with van der Waals surface area (Å²) in [5.74, 6) is -1.74. The minimum atomic E-state index is -1.10. The Kier molecular flexibility index (Phi) is 4.56. The summed E-state index contributed by atoms with van der Waals surface area (Å²) in [5, 5.41) is 8.92. The highest BCUT2D eigenvalue weighted by Crippen LogP contribution is 2.26. The molecule has 130 valence electrons. The van der Waals surface area contributed by atoms with Gasteiger partial charge in [0, 0.05) is 20.0 Å². The maximum Gasteiger partial charge on any atom is 0.323 e. The van der Waals surface area contributed by atoms with Gasteiger partial charge in [-0.2, -0.15) is 0 Å². The molecule has 3 rings (SSSR count). The van der Waals surface area contributed by atoms with Crippen molar-refractivity contribution in [2.45, 2.75) is 19.0 Å². The quantitative estimate of drug-likeness (QED) is 0.907. The van der Waals surface area contributed by atoms with E-state index in [0.717, 1.165) is 16.0 Å². The molecule has 1 atom stereocenters. The molecular formula is C18H18N2O5. The van der Waals surface area contributed by atoms with Crippen LogP contribution in [0.25, 0.3) is 0 Å². The maximum absolute atomic E-state index is 12.8. The zero-order chi connectivity index (χ0) is 18.0. The van der Waals surface area contributed by atoms with Crippen molar-refractivity contribution in [2.75, 3.05) is 13.6 Å². The topological polar surface area (TPSA) is 91.1 Å². The van der Waals surface area contributed by atoms with Crippen molar-refractivity contribution in [3.8, 4) is 0 Å². The van der Waals surface area contributed by atoms with Crippen molar-refractivity contribution < 1.29 is 23.9 Å². The first-order valence-corrected chi connectivity index (χ1v) is 7.85. The van der Waals surface area contributed by atoms with Gasteiger partial charge < -0.3 is 19.3 Å². The minimum Gasteiger partial charge on any atom is -0.480 e. The summed E-state index contributed by atoms with van der Waals surface area (Å²) in [5.41, 5.74) is 1.94. The molecule has 0 radical (unpaired) electrons. The smallest absolute Gasteiger partial charge is 0.323 e. The third-order valence-corrected chi connectivity index (χ3v) is 4.28. The highest BCUT2D eigenvalue weighted by Gasteiger charge is 2.37. The molecule has 25 heavy (non-hydrogen) atoms. The average molecular weight is 342 g/mol. The molecule has 2 aromatic rings. The fourth-order valence-electron chi connectivity index (χ4n) is 3.03. The molecule has 0 aliphatic carbocycles. The molecule has 1 aliphatic heterocycles. The van der Waals surface area contributed by atoms with Gasteiger partial charge in [0.1, 0.15) is 12.6 Å². The molecule has 1 aromatic heterocycles. The van der Waals surface area contributed by atoms with Crippen molar-refractivity contribution >= 4 is 17.8 Å². The molecule has 7 heteroatoms. The van der Waals surface area contributed by atoms with Crippen molar-refractivity contribution in [2.24, 2.45) is 0 Å². The van der Waals surface area contributed by atoms with E-state index in [4.69, 9.17) is 9.52 Å². The van der Waals surface area contributed by atoms with Gasteiger partial charge in [-0.3, -0.25) is 14.4 Å². The normalized spacial score (nSPS) is 16.2. The van der Waals surface area contributed by atoms with Crippen LogP contribution in [0.5, 0.6) is 0 Å². The van der Waals surface area contributed by atoms with E-state index in [1.54, 1.807) is 12.1 Å². The number of carboxylic acid groups (broad SMARTS) is 1. The molecule has 2 heterocycles. The molecule has 0 saturated carbocycles. The summed E-state index contributed by atoms with van der Waals surface area (Å²) in [7, 11) is 1.42. The number of aliphatic carboxylic acids is 1. The molecule has 1 aromatic carbocycles. The standard InChI is InChI=1S/C18H18N2O5/c1-19(11-16(21)22)17(23)14-9-12-5-2-3-6-13(12)10-20(14)18(24)15-7-4-8-25-15/h2-8,14H,9-11H2,1H3,(H,21,22). The van der Waals surface area contributed by atoms with E-state index in [2.05, 4.69) is 0 Å². The third kappa shape index (κ3) is 3.40. The molecule has 0 saturated heterocycles. The van der Waals surface area contributed by atoms with E-state index in [-0.39, 0.29) is 18.2 Å². The zero-order valence-corrected chi connectivity index (χ0v) is 13.7. The molecule has 7 nitrogen and oxygen atoms in total. The number of fused-ring (bicyclic) bond motifs is 1. The summed E-state index contributed by atoms with van der Waals surface area (Å²) >= 11 is 0. The van der Waals surface area contributed by atoms with E-state index in [0.29, 0.717) is 6.42 Å². The second kappa shape index (κ2) is 6.80. The average Bonchev–Trinajstić information content (AvgIpc) is 3.13. The number of benzene rings is 1. The number of hydrogen-bond acceptors (Lipinski definition) is 4. The van der Waals surface area contributed by atoms with E-state index < -0.39 is 24.5 Å². The van der Waals surface area contributed by atoms with Crippen LogP contribution < -0.4 is 0 Å². The van der Waals surface area contributed by atoms with Crippen LogP contribution in [0.15, 0.2) is 47.1 Å². The number of furan rings is 1. The molecular weight excluding hydrogens is 324 g/mol. The molecule has 0 fully saturated rings. The highest BCUT2D eigenvalue weighted by molar-refractivity contribution is 5.96. The molecule has 0 bridgehead atoms. The summed E-state index contributed by atoms with van der Waals surface area (Å²) in [6.45, 7) is -0.146. The van der Waals surface area contributed by atoms with Crippen LogP contribution >= 0.6 is 0 Å². The van der Waals surface area contributed by atoms with Gasteiger partial charge in [-0.05, 0) is 23.3 Å².